The van der Waals surface area contributed by atoms with Crippen LogP contribution in [0, 0.1) is 6.92 Å². The Labute approximate surface area is 115 Å². The molecule has 0 heterocycles. The minimum atomic E-state index is -3.30. The van der Waals surface area contributed by atoms with Crippen LogP contribution in [-0.2, 0) is 10.0 Å². The minimum Gasteiger partial charge on any atom is -0.496 e. The molecule has 0 bridgehead atoms. The van der Waals surface area contributed by atoms with Crippen LogP contribution in [-0.4, -0.2) is 34.4 Å². The zero-order valence-electron chi connectivity index (χ0n) is 11.7. The molecular formula is C13H22N2O3S. The number of aryl methyl sites for hydroxylation is 1. The summed E-state index contributed by atoms with van der Waals surface area (Å²) in [5.74, 6) is 0.811. The molecule has 2 N–H and O–H groups in total. The number of methoxy groups -OCH3 is 1. The second-order valence-corrected chi connectivity index (χ2v) is 6.20. The van der Waals surface area contributed by atoms with Crippen molar-refractivity contribution in [2.45, 2.75) is 20.3 Å². The van der Waals surface area contributed by atoms with Gasteiger partial charge in [-0.15, -0.1) is 0 Å². The van der Waals surface area contributed by atoms with E-state index in [9.17, 15) is 8.42 Å². The van der Waals surface area contributed by atoms with Gasteiger partial charge in [-0.1, -0.05) is 6.92 Å². The molecule has 19 heavy (non-hydrogen) atoms. The van der Waals surface area contributed by atoms with Gasteiger partial charge in [0.25, 0.3) is 0 Å². The zero-order chi connectivity index (χ0) is 14.3. The lowest BCUT2D eigenvalue weighted by Gasteiger charge is -2.11. The average molecular weight is 286 g/mol. The van der Waals surface area contributed by atoms with Crippen molar-refractivity contribution < 1.29 is 13.2 Å². The Hall–Kier alpha value is -1.27. The second-order valence-electron chi connectivity index (χ2n) is 4.36. The van der Waals surface area contributed by atoms with Gasteiger partial charge in [-0.2, -0.15) is 0 Å². The van der Waals surface area contributed by atoms with Gasteiger partial charge in [-0.25, -0.2) is 8.42 Å². The van der Waals surface area contributed by atoms with Crippen LogP contribution in [0.1, 0.15) is 18.9 Å². The van der Waals surface area contributed by atoms with Crippen LogP contribution in [0.4, 0.5) is 5.69 Å². The number of benzene rings is 1. The lowest BCUT2D eigenvalue weighted by Crippen LogP contribution is -2.27. The molecule has 6 heteroatoms. The number of nitrogens with one attached hydrogen (secondary N) is 2. The van der Waals surface area contributed by atoms with Crippen molar-refractivity contribution in [3.63, 3.8) is 0 Å². The summed E-state index contributed by atoms with van der Waals surface area (Å²) in [6.45, 7) is 5.20. The van der Waals surface area contributed by atoms with E-state index >= 15 is 0 Å². The fraction of sp³-hybridized carbons (Fsp3) is 0.538. The maximum Gasteiger partial charge on any atom is 0.233 e. The predicted molar refractivity (Wildman–Crippen MR) is 78.3 cm³/mol. The van der Waals surface area contributed by atoms with Crippen LogP contribution in [0.2, 0.25) is 0 Å². The molecule has 0 saturated carbocycles. The first-order valence-corrected chi connectivity index (χ1v) is 7.99. The van der Waals surface area contributed by atoms with Gasteiger partial charge >= 0.3 is 0 Å². The van der Waals surface area contributed by atoms with Crippen molar-refractivity contribution in [1.29, 1.82) is 0 Å². The number of sulfonamides is 1. The van der Waals surface area contributed by atoms with Crippen LogP contribution in [0.3, 0.4) is 0 Å². The molecule has 0 aliphatic rings. The van der Waals surface area contributed by atoms with E-state index in [-0.39, 0.29) is 5.75 Å². The highest BCUT2D eigenvalue weighted by atomic mass is 32.2. The number of hydrogen-bond acceptors (Lipinski definition) is 4. The molecule has 0 radical (unpaired) electrons. The van der Waals surface area contributed by atoms with Gasteiger partial charge < -0.3 is 10.1 Å². The molecule has 0 fully saturated rings. The smallest absolute Gasteiger partial charge is 0.233 e. The predicted octanol–water partition coefficient (Wildman–Crippen LogP) is 1.74. The first-order valence-electron chi connectivity index (χ1n) is 6.34. The summed E-state index contributed by atoms with van der Waals surface area (Å²) in [6, 6.07) is 5.21. The Kier molecular flexibility index (Phi) is 6.11. The van der Waals surface area contributed by atoms with Crippen LogP contribution >= 0.6 is 0 Å². The molecule has 0 spiro atoms. The summed E-state index contributed by atoms with van der Waals surface area (Å²) >= 11 is 0. The van der Waals surface area contributed by atoms with Crippen molar-refractivity contribution >= 4 is 15.7 Å². The highest BCUT2D eigenvalue weighted by Gasteiger charge is 2.10. The van der Waals surface area contributed by atoms with E-state index in [1.807, 2.05) is 13.8 Å². The SMILES string of the molecule is CCCNCCS(=O)(=O)Nc1ccc(OC)c(C)c1. The van der Waals surface area contributed by atoms with Gasteiger partial charge in [0.2, 0.25) is 10.0 Å². The highest BCUT2D eigenvalue weighted by molar-refractivity contribution is 7.92. The molecule has 1 aromatic carbocycles. The molecule has 0 amide bonds. The van der Waals surface area contributed by atoms with Crippen molar-refractivity contribution in [2.75, 3.05) is 30.7 Å². The standard InChI is InChI=1S/C13H22N2O3S/c1-4-7-14-8-9-19(16,17)15-12-5-6-13(18-3)11(2)10-12/h5-6,10,14-15H,4,7-9H2,1-3H3. The third kappa shape index (κ3) is 5.48. The Bertz CT molecular complexity index is 501. The maximum atomic E-state index is 11.8. The summed E-state index contributed by atoms with van der Waals surface area (Å²) in [4.78, 5) is 0. The van der Waals surface area contributed by atoms with E-state index in [0.29, 0.717) is 12.2 Å². The molecule has 108 valence electrons. The Morgan fingerprint density at radius 2 is 2.00 bits per heavy atom. The van der Waals surface area contributed by atoms with Crippen molar-refractivity contribution in [2.24, 2.45) is 0 Å². The van der Waals surface area contributed by atoms with Crippen LogP contribution in [0.25, 0.3) is 0 Å². The third-order valence-electron chi connectivity index (χ3n) is 2.64. The molecule has 0 aromatic heterocycles. The molecule has 0 atom stereocenters. The summed E-state index contributed by atoms with van der Waals surface area (Å²) in [5, 5.41) is 3.07. The largest absolute Gasteiger partial charge is 0.496 e. The van der Waals surface area contributed by atoms with Gasteiger partial charge in [0.1, 0.15) is 5.75 Å². The number of hydrogen-bond donors (Lipinski definition) is 2. The lowest BCUT2D eigenvalue weighted by atomic mass is 10.2. The Morgan fingerprint density at radius 3 is 2.58 bits per heavy atom. The van der Waals surface area contributed by atoms with Crippen LogP contribution < -0.4 is 14.8 Å². The molecular weight excluding hydrogens is 264 g/mol. The molecule has 0 aliphatic carbocycles. The molecule has 1 rings (SSSR count). The first-order chi connectivity index (χ1) is 8.98. The fourth-order valence-corrected chi connectivity index (χ4v) is 2.68. The first kappa shape index (κ1) is 15.8. The van der Waals surface area contributed by atoms with E-state index in [2.05, 4.69) is 10.0 Å². The monoisotopic (exact) mass is 286 g/mol. The Morgan fingerprint density at radius 1 is 1.26 bits per heavy atom. The normalized spacial score (nSPS) is 11.3. The zero-order valence-corrected chi connectivity index (χ0v) is 12.5. The number of ether oxygens (including phenoxy) is 1. The molecule has 0 aliphatic heterocycles. The summed E-state index contributed by atoms with van der Waals surface area (Å²) in [6.07, 6.45) is 0.991. The number of anilines is 1. The van der Waals surface area contributed by atoms with Gasteiger partial charge in [0, 0.05) is 12.2 Å². The third-order valence-corrected chi connectivity index (χ3v) is 3.93. The Balaban J connectivity index is 2.60. The van der Waals surface area contributed by atoms with Gasteiger partial charge in [0.05, 0.1) is 12.9 Å². The van der Waals surface area contributed by atoms with E-state index in [1.165, 1.54) is 0 Å². The van der Waals surface area contributed by atoms with Gasteiger partial charge in [-0.05, 0) is 43.7 Å². The molecule has 0 saturated heterocycles. The van der Waals surface area contributed by atoms with Crippen molar-refractivity contribution in [1.82, 2.24) is 5.32 Å². The van der Waals surface area contributed by atoms with Crippen molar-refractivity contribution in [3.8, 4) is 5.75 Å². The quantitative estimate of drug-likeness (QED) is 0.714. The summed E-state index contributed by atoms with van der Waals surface area (Å²) in [7, 11) is -1.72. The summed E-state index contributed by atoms with van der Waals surface area (Å²) in [5.41, 5.74) is 1.46. The van der Waals surface area contributed by atoms with E-state index in [1.54, 1.807) is 25.3 Å². The topological polar surface area (TPSA) is 67.4 Å². The van der Waals surface area contributed by atoms with E-state index in [4.69, 9.17) is 4.74 Å². The van der Waals surface area contributed by atoms with Crippen LogP contribution in [0.15, 0.2) is 18.2 Å². The number of rotatable bonds is 8. The highest BCUT2D eigenvalue weighted by Crippen LogP contribution is 2.21. The second kappa shape index (κ2) is 7.35. The fourth-order valence-electron chi connectivity index (χ4n) is 1.68. The van der Waals surface area contributed by atoms with Crippen molar-refractivity contribution in [3.05, 3.63) is 23.8 Å². The molecule has 1 aromatic rings. The van der Waals surface area contributed by atoms with E-state index in [0.717, 1.165) is 24.3 Å². The molecule has 0 unspecified atom stereocenters. The van der Waals surface area contributed by atoms with Gasteiger partial charge in [0.15, 0.2) is 0 Å². The maximum absolute atomic E-state index is 11.8. The lowest BCUT2D eigenvalue weighted by molar-refractivity contribution is 0.412. The minimum absolute atomic E-state index is 0.0675. The van der Waals surface area contributed by atoms with Crippen LogP contribution in [0.5, 0.6) is 5.75 Å². The average Bonchev–Trinajstić information content (AvgIpc) is 2.34. The van der Waals surface area contributed by atoms with E-state index < -0.39 is 10.0 Å². The molecule has 5 nitrogen and oxygen atoms in total. The summed E-state index contributed by atoms with van der Waals surface area (Å²) < 4.78 is 31.4. The van der Waals surface area contributed by atoms with Gasteiger partial charge in [-0.3, -0.25) is 4.72 Å².